The first-order valence-electron chi connectivity index (χ1n) is 3.88. The molecule has 1 saturated carbocycles. The summed E-state index contributed by atoms with van der Waals surface area (Å²) in [4.78, 5) is 0. The van der Waals surface area contributed by atoms with Gasteiger partial charge in [0.25, 0.3) is 0 Å². The van der Waals surface area contributed by atoms with Crippen LogP contribution in [0.4, 0.5) is 0 Å². The Balaban J connectivity index is 2.72. The van der Waals surface area contributed by atoms with E-state index in [1.54, 1.807) is 5.57 Å². The van der Waals surface area contributed by atoms with Gasteiger partial charge in [-0.15, -0.1) is 0 Å². The molecule has 0 saturated heterocycles. The molecule has 1 N–H and O–H groups in total. The van der Waals surface area contributed by atoms with Crippen LogP contribution in [-0.4, -0.2) is 11.7 Å². The van der Waals surface area contributed by atoms with E-state index >= 15 is 0 Å². The van der Waals surface area contributed by atoms with Crippen molar-refractivity contribution in [1.82, 2.24) is 0 Å². The van der Waals surface area contributed by atoms with Gasteiger partial charge in [0.1, 0.15) is 0 Å². The molecule has 1 aliphatic rings. The zero-order valence-corrected chi connectivity index (χ0v) is 7.07. The monoisotopic (exact) mass is 140 g/mol. The van der Waals surface area contributed by atoms with Crippen molar-refractivity contribution < 1.29 is 5.11 Å². The van der Waals surface area contributed by atoms with Crippen LogP contribution in [0.3, 0.4) is 0 Å². The average Bonchev–Trinajstić information content (AvgIpc) is 2.68. The molecule has 0 radical (unpaired) electrons. The average molecular weight is 140 g/mol. The van der Waals surface area contributed by atoms with Gasteiger partial charge in [0.15, 0.2) is 0 Å². The Kier molecular flexibility index (Phi) is 1.86. The standard InChI is InChI=1S/C9H16O/c1-7(8-4-5-8)9(2,3)6-10/h10H,4-6H2,1-3H3. The van der Waals surface area contributed by atoms with Crippen molar-refractivity contribution in [2.45, 2.75) is 33.6 Å². The zero-order valence-electron chi connectivity index (χ0n) is 7.07. The van der Waals surface area contributed by atoms with Crippen LogP contribution in [0.5, 0.6) is 0 Å². The fourth-order valence-electron chi connectivity index (χ4n) is 1.03. The summed E-state index contributed by atoms with van der Waals surface area (Å²) in [6.45, 7) is 6.59. The molecule has 1 fully saturated rings. The Bertz CT molecular complexity index is 160. The highest BCUT2D eigenvalue weighted by molar-refractivity contribution is 5.27. The summed E-state index contributed by atoms with van der Waals surface area (Å²) in [5, 5.41) is 9.01. The van der Waals surface area contributed by atoms with Crippen molar-refractivity contribution >= 4 is 0 Å². The van der Waals surface area contributed by atoms with Crippen LogP contribution in [-0.2, 0) is 0 Å². The normalized spacial score (nSPS) is 17.4. The zero-order chi connectivity index (χ0) is 7.78. The largest absolute Gasteiger partial charge is 0.395 e. The molecule has 0 bridgehead atoms. The highest BCUT2D eigenvalue weighted by atomic mass is 16.3. The second-order valence-electron chi connectivity index (χ2n) is 3.77. The van der Waals surface area contributed by atoms with Crippen molar-refractivity contribution in [3.63, 3.8) is 0 Å². The molecule has 1 rings (SSSR count). The van der Waals surface area contributed by atoms with E-state index in [1.807, 2.05) is 0 Å². The molecule has 0 aromatic rings. The maximum atomic E-state index is 9.01. The highest BCUT2D eigenvalue weighted by Gasteiger charge is 2.25. The minimum Gasteiger partial charge on any atom is -0.395 e. The molecule has 0 heterocycles. The molecular weight excluding hydrogens is 124 g/mol. The summed E-state index contributed by atoms with van der Waals surface area (Å²) in [6.07, 6.45) is 2.52. The number of hydrogen-bond acceptors (Lipinski definition) is 1. The van der Waals surface area contributed by atoms with Crippen molar-refractivity contribution in [2.24, 2.45) is 5.41 Å². The number of aliphatic hydroxyl groups is 1. The van der Waals surface area contributed by atoms with Gasteiger partial charge >= 0.3 is 0 Å². The summed E-state index contributed by atoms with van der Waals surface area (Å²) in [6, 6.07) is 0. The lowest BCUT2D eigenvalue weighted by Crippen LogP contribution is -2.17. The predicted molar refractivity (Wildman–Crippen MR) is 42.8 cm³/mol. The van der Waals surface area contributed by atoms with E-state index in [0.29, 0.717) is 0 Å². The Hall–Kier alpha value is -0.300. The Labute approximate surface area is 62.8 Å². The van der Waals surface area contributed by atoms with Crippen LogP contribution in [0, 0.1) is 5.41 Å². The van der Waals surface area contributed by atoms with E-state index < -0.39 is 0 Å². The number of aliphatic hydroxyl groups excluding tert-OH is 1. The first-order valence-corrected chi connectivity index (χ1v) is 3.88. The van der Waals surface area contributed by atoms with Crippen molar-refractivity contribution in [3.8, 4) is 0 Å². The summed E-state index contributed by atoms with van der Waals surface area (Å²) in [5.74, 6) is 0. The Morgan fingerprint density at radius 3 is 2.30 bits per heavy atom. The third-order valence-corrected chi connectivity index (χ3v) is 2.44. The topological polar surface area (TPSA) is 20.2 Å². The molecule has 58 valence electrons. The van der Waals surface area contributed by atoms with Crippen LogP contribution < -0.4 is 0 Å². The van der Waals surface area contributed by atoms with Gasteiger partial charge in [0.2, 0.25) is 0 Å². The quantitative estimate of drug-likeness (QED) is 0.582. The molecule has 0 amide bonds. The molecule has 0 aromatic carbocycles. The molecule has 0 atom stereocenters. The van der Waals surface area contributed by atoms with E-state index in [4.69, 9.17) is 5.11 Å². The molecule has 1 nitrogen and oxygen atoms in total. The van der Waals surface area contributed by atoms with Gasteiger partial charge in [-0.25, -0.2) is 0 Å². The fraction of sp³-hybridized carbons (Fsp3) is 0.778. The second-order valence-corrected chi connectivity index (χ2v) is 3.77. The van der Waals surface area contributed by atoms with Crippen LogP contribution in [0.15, 0.2) is 11.1 Å². The maximum absolute atomic E-state index is 9.01. The Morgan fingerprint density at radius 1 is 1.50 bits per heavy atom. The van der Waals surface area contributed by atoms with E-state index in [0.717, 1.165) is 0 Å². The SMILES string of the molecule is CC(=C1CC1)C(C)(C)CO. The summed E-state index contributed by atoms with van der Waals surface area (Å²) in [7, 11) is 0. The molecule has 1 heteroatoms. The predicted octanol–water partition coefficient (Wildman–Crippen LogP) is 2.12. The van der Waals surface area contributed by atoms with Crippen LogP contribution in [0.1, 0.15) is 33.6 Å². The maximum Gasteiger partial charge on any atom is 0.0519 e. The third-order valence-electron chi connectivity index (χ3n) is 2.44. The van der Waals surface area contributed by atoms with Crippen LogP contribution in [0.2, 0.25) is 0 Å². The molecule has 10 heavy (non-hydrogen) atoms. The lowest BCUT2D eigenvalue weighted by Gasteiger charge is -2.22. The van der Waals surface area contributed by atoms with Crippen LogP contribution in [0.25, 0.3) is 0 Å². The first kappa shape index (κ1) is 7.80. The third kappa shape index (κ3) is 1.40. The molecule has 1 aliphatic carbocycles. The van der Waals surface area contributed by atoms with Gasteiger partial charge in [0, 0.05) is 5.41 Å². The minimum absolute atomic E-state index is 0.0197. The van der Waals surface area contributed by atoms with Crippen molar-refractivity contribution in [3.05, 3.63) is 11.1 Å². The number of rotatable bonds is 2. The van der Waals surface area contributed by atoms with E-state index in [2.05, 4.69) is 20.8 Å². The van der Waals surface area contributed by atoms with Gasteiger partial charge < -0.3 is 5.11 Å². The molecular formula is C9H16O. The van der Waals surface area contributed by atoms with Crippen molar-refractivity contribution in [2.75, 3.05) is 6.61 Å². The van der Waals surface area contributed by atoms with E-state index in [1.165, 1.54) is 18.4 Å². The van der Waals surface area contributed by atoms with Gasteiger partial charge in [-0.05, 0) is 19.8 Å². The first-order chi connectivity index (χ1) is 4.58. The smallest absolute Gasteiger partial charge is 0.0519 e. The highest BCUT2D eigenvalue weighted by Crippen LogP contribution is 2.39. The summed E-state index contributed by atoms with van der Waals surface area (Å²) in [5.41, 5.74) is 2.97. The van der Waals surface area contributed by atoms with Gasteiger partial charge in [0.05, 0.1) is 6.61 Å². The number of hydrogen-bond donors (Lipinski definition) is 1. The lowest BCUT2D eigenvalue weighted by atomic mass is 9.85. The summed E-state index contributed by atoms with van der Waals surface area (Å²) < 4.78 is 0. The van der Waals surface area contributed by atoms with Crippen LogP contribution >= 0.6 is 0 Å². The van der Waals surface area contributed by atoms with Gasteiger partial charge in [-0.2, -0.15) is 0 Å². The second kappa shape index (κ2) is 2.39. The molecule has 0 aliphatic heterocycles. The van der Waals surface area contributed by atoms with Gasteiger partial charge in [-0.3, -0.25) is 0 Å². The fourth-order valence-corrected chi connectivity index (χ4v) is 1.03. The van der Waals surface area contributed by atoms with E-state index in [-0.39, 0.29) is 12.0 Å². The molecule has 0 aromatic heterocycles. The number of allylic oxidation sites excluding steroid dienone is 1. The van der Waals surface area contributed by atoms with Crippen molar-refractivity contribution in [1.29, 1.82) is 0 Å². The lowest BCUT2D eigenvalue weighted by molar-refractivity contribution is 0.189. The Morgan fingerprint density at radius 2 is 2.00 bits per heavy atom. The minimum atomic E-state index is 0.0197. The van der Waals surface area contributed by atoms with E-state index in [9.17, 15) is 0 Å². The molecule has 0 spiro atoms. The summed E-state index contributed by atoms with van der Waals surface area (Å²) >= 11 is 0. The molecule has 0 unspecified atom stereocenters. The van der Waals surface area contributed by atoms with Gasteiger partial charge in [-0.1, -0.05) is 25.0 Å².